The molecule has 0 atom stereocenters. The summed E-state index contributed by atoms with van der Waals surface area (Å²) in [6.45, 7) is 0. The molecule has 4 heteroatoms. The van der Waals surface area contributed by atoms with Gasteiger partial charge in [0.1, 0.15) is 11.6 Å². The lowest BCUT2D eigenvalue weighted by Crippen LogP contribution is -2.00. The molecule has 1 N–H and O–H groups in total. The fourth-order valence-corrected chi connectivity index (χ4v) is 1.74. The van der Waals surface area contributed by atoms with Gasteiger partial charge in [-0.2, -0.15) is 0 Å². The predicted molar refractivity (Wildman–Crippen MR) is 62.6 cm³/mol. The third-order valence-electron chi connectivity index (χ3n) is 2.56. The third kappa shape index (κ3) is 2.71. The molecule has 2 aromatic rings. The van der Waals surface area contributed by atoms with Crippen molar-refractivity contribution < 1.29 is 18.7 Å². The van der Waals surface area contributed by atoms with E-state index in [1.807, 2.05) is 0 Å². The normalized spacial score (nSPS) is 10.3. The summed E-state index contributed by atoms with van der Waals surface area (Å²) in [5, 5.41) is 8.81. The van der Waals surface area contributed by atoms with Gasteiger partial charge in [0.05, 0.1) is 5.56 Å². The van der Waals surface area contributed by atoms with Crippen molar-refractivity contribution in [1.82, 2.24) is 0 Å². The first kappa shape index (κ1) is 12.2. The third-order valence-corrected chi connectivity index (χ3v) is 2.56. The van der Waals surface area contributed by atoms with E-state index >= 15 is 0 Å². The van der Waals surface area contributed by atoms with Crippen LogP contribution in [0.2, 0.25) is 0 Å². The van der Waals surface area contributed by atoms with Crippen LogP contribution in [0.15, 0.2) is 42.5 Å². The van der Waals surface area contributed by atoms with Gasteiger partial charge in [0.15, 0.2) is 0 Å². The quantitative estimate of drug-likeness (QED) is 0.905. The van der Waals surface area contributed by atoms with E-state index in [2.05, 4.69) is 0 Å². The Balaban J connectivity index is 2.35. The highest BCUT2D eigenvalue weighted by Crippen LogP contribution is 2.16. The van der Waals surface area contributed by atoms with Crippen LogP contribution in [-0.2, 0) is 6.42 Å². The van der Waals surface area contributed by atoms with Crippen molar-refractivity contribution in [2.24, 2.45) is 0 Å². The molecule has 0 saturated heterocycles. The SMILES string of the molecule is O=C(O)c1cc(F)cc(Cc2ccccc2F)c1. The topological polar surface area (TPSA) is 37.3 Å². The summed E-state index contributed by atoms with van der Waals surface area (Å²) in [7, 11) is 0. The molecule has 0 amide bonds. The van der Waals surface area contributed by atoms with Gasteiger partial charge in [0.2, 0.25) is 0 Å². The molecule has 0 aliphatic carbocycles. The Bertz CT molecular complexity index is 594. The molecule has 2 nitrogen and oxygen atoms in total. The van der Waals surface area contributed by atoms with Gasteiger partial charge in [-0.3, -0.25) is 0 Å². The van der Waals surface area contributed by atoms with Crippen LogP contribution in [-0.4, -0.2) is 11.1 Å². The number of hydrogen-bond acceptors (Lipinski definition) is 1. The summed E-state index contributed by atoms with van der Waals surface area (Å²) in [4.78, 5) is 10.8. The van der Waals surface area contributed by atoms with Crippen LogP contribution < -0.4 is 0 Å². The molecule has 0 aliphatic heterocycles. The zero-order chi connectivity index (χ0) is 13.1. The molecule has 92 valence electrons. The smallest absolute Gasteiger partial charge is 0.335 e. The fourth-order valence-electron chi connectivity index (χ4n) is 1.74. The lowest BCUT2D eigenvalue weighted by Gasteiger charge is -2.05. The van der Waals surface area contributed by atoms with Gasteiger partial charge in [-0.05, 0) is 35.4 Å². The standard InChI is InChI=1S/C14H10F2O2/c15-12-7-9(6-11(8-12)14(17)18)5-10-3-1-2-4-13(10)16/h1-4,6-8H,5H2,(H,17,18). The molecule has 18 heavy (non-hydrogen) atoms. The predicted octanol–water partition coefficient (Wildman–Crippen LogP) is 3.25. The van der Waals surface area contributed by atoms with Crippen molar-refractivity contribution in [3.8, 4) is 0 Å². The second-order valence-corrected chi connectivity index (χ2v) is 3.92. The highest BCUT2D eigenvalue weighted by molar-refractivity contribution is 5.87. The minimum absolute atomic E-state index is 0.138. The summed E-state index contributed by atoms with van der Waals surface area (Å²) in [6.07, 6.45) is 0.157. The maximum Gasteiger partial charge on any atom is 0.335 e. The van der Waals surface area contributed by atoms with Gasteiger partial charge in [-0.25, -0.2) is 13.6 Å². The van der Waals surface area contributed by atoms with Crippen LogP contribution in [0.3, 0.4) is 0 Å². The van der Waals surface area contributed by atoms with Crippen LogP contribution in [0, 0.1) is 11.6 Å². The minimum atomic E-state index is -1.20. The first-order valence-electron chi connectivity index (χ1n) is 5.32. The average Bonchev–Trinajstić information content (AvgIpc) is 2.31. The first-order chi connectivity index (χ1) is 8.56. The Labute approximate surface area is 103 Å². The lowest BCUT2D eigenvalue weighted by atomic mass is 10.0. The number of hydrogen-bond donors (Lipinski definition) is 1. The Morgan fingerprint density at radius 3 is 2.50 bits per heavy atom. The van der Waals surface area contributed by atoms with E-state index in [4.69, 9.17) is 5.11 Å². The zero-order valence-electron chi connectivity index (χ0n) is 9.36. The molecule has 0 heterocycles. The molecule has 0 fully saturated rings. The molecular weight excluding hydrogens is 238 g/mol. The highest BCUT2D eigenvalue weighted by atomic mass is 19.1. The number of carbonyl (C=O) groups is 1. The van der Waals surface area contributed by atoms with Crippen molar-refractivity contribution in [3.63, 3.8) is 0 Å². The fraction of sp³-hybridized carbons (Fsp3) is 0.0714. The van der Waals surface area contributed by atoms with Crippen LogP contribution in [0.4, 0.5) is 8.78 Å². The zero-order valence-corrected chi connectivity index (χ0v) is 9.36. The number of halogens is 2. The first-order valence-corrected chi connectivity index (χ1v) is 5.32. The summed E-state index contributed by atoms with van der Waals surface area (Å²) in [5.74, 6) is -2.23. The lowest BCUT2D eigenvalue weighted by molar-refractivity contribution is 0.0696. The molecule has 2 aromatic carbocycles. The van der Waals surface area contributed by atoms with Crippen molar-refractivity contribution in [3.05, 3.63) is 70.8 Å². The minimum Gasteiger partial charge on any atom is -0.478 e. The summed E-state index contributed by atoms with van der Waals surface area (Å²) in [5.41, 5.74) is 0.693. The van der Waals surface area contributed by atoms with Gasteiger partial charge >= 0.3 is 5.97 Å². The molecule has 0 unspecified atom stereocenters. The maximum absolute atomic E-state index is 13.4. The van der Waals surface area contributed by atoms with Crippen molar-refractivity contribution in [1.29, 1.82) is 0 Å². The van der Waals surface area contributed by atoms with E-state index in [0.29, 0.717) is 11.1 Å². The van der Waals surface area contributed by atoms with E-state index in [9.17, 15) is 13.6 Å². The van der Waals surface area contributed by atoms with E-state index in [1.54, 1.807) is 18.2 Å². The van der Waals surface area contributed by atoms with Gasteiger partial charge in [0, 0.05) is 6.42 Å². The highest BCUT2D eigenvalue weighted by Gasteiger charge is 2.09. The number of aromatic carboxylic acids is 1. The molecule has 2 rings (SSSR count). The van der Waals surface area contributed by atoms with Crippen LogP contribution >= 0.6 is 0 Å². The molecule has 0 aliphatic rings. The van der Waals surface area contributed by atoms with Gasteiger partial charge in [-0.1, -0.05) is 18.2 Å². The molecular formula is C14H10F2O2. The monoisotopic (exact) mass is 248 g/mol. The molecule has 0 saturated carbocycles. The van der Waals surface area contributed by atoms with Gasteiger partial charge in [0.25, 0.3) is 0 Å². The second-order valence-electron chi connectivity index (χ2n) is 3.92. The van der Waals surface area contributed by atoms with Crippen LogP contribution in [0.25, 0.3) is 0 Å². The second kappa shape index (κ2) is 4.96. The molecule has 0 bridgehead atoms. The summed E-state index contributed by atoms with van der Waals surface area (Å²) < 4.78 is 26.7. The number of benzene rings is 2. The summed E-state index contributed by atoms with van der Waals surface area (Å²) in [6, 6.07) is 9.63. The summed E-state index contributed by atoms with van der Waals surface area (Å²) >= 11 is 0. The van der Waals surface area contributed by atoms with E-state index in [1.165, 1.54) is 18.2 Å². The number of carboxylic acids is 1. The van der Waals surface area contributed by atoms with Crippen molar-refractivity contribution in [2.75, 3.05) is 0 Å². The molecule has 0 aromatic heterocycles. The van der Waals surface area contributed by atoms with E-state index in [0.717, 1.165) is 6.07 Å². The largest absolute Gasteiger partial charge is 0.478 e. The Kier molecular flexibility index (Phi) is 3.37. The van der Waals surface area contributed by atoms with Crippen LogP contribution in [0.1, 0.15) is 21.5 Å². The molecule has 0 radical (unpaired) electrons. The maximum atomic E-state index is 13.4. The Morgan fingerprint density at radius 2 is 1.83 bits per heavy atom. The van der Waals surface area contributed by atoms with Crippen molar-refractivity contribution >= 4 is 5.97 Å². The number of rotatable bonds is 3. The van der Waals surface area contributed by atoms with E-state index in [-0.39, 0.29) is 12.0 Å². The molecule has 0 spiro atoms. The average molecular weight is 248 g/mol. The van der Waals surface area contributed by atoms with Gasteiger partial charge in [-0.15, -0.1) is 0 Å². The van der Waals surface area contributed by atoms with Gasteiger partial charge < -0.3 is 5.11 Å². The van der Waals surface area contributed by atoms with E-state index < -0.39 is 17.6 Å². The van der Waals surface area contributed by atoms with Crippen molar-refractivity contribution in [2.45, 2.75) is 6.42 Å². The Morgan fingerprint density at radius 1 is 1.11 bits per heavy atom. The van der Waals surface area contributed by atoms with Crippen LogP contribution in [0.5, 0.6) is 0 Å². The Hall–Kier alpha value is -2.23. The number of carboxylic acid groups (broad SMARTS) is 1.